The van der Waals surface area contributed by atoms with Crippen LogP contribution in [-0.2, 0) is 4.74 Å². The van der Waals surface area contributed by atoms with Crippen molar-refractivity contribution in [2.75, 3.05) is 57.7 Å². The van der Waals surface area contributed by atoms with E-state index in [1.54, 1.807) is 16.8 Å². The molecule has 0 saturated heterocycles. The third kappa shape index (κ3) is 8.21. The predicted molar refractivity (Wildman–Crippen MR) is 177 cm³/mol. The number of nitrogens with one attached hydrogen (secondary N) is 1. The van der Waals surface area contributed by atoms with Gasteiger partial charge in [-0.3, -0.25) is 4.79 Å². The van der Waals surface area contributed by atoms with Crippen molar-refractivity contribution in [3.63, 3.8) is 0 Å². The van der Waals surface area contributed by atoms with Crippen LogP contribution < -0.4 is 15.0 Å². The van der Waals surface area contributed by atoms with Crippen LogP contribution in [0.2, 0.25) is 0 Å². The van der Waals surface area contributed by atoms with Gasteiger partial charge in [0, 0.05) is 57.8 Å². The summed E-state index contributed by atoms with van der Waals surface area (Å²) in [7, 11) is 5.63. The smallest absolute Gasteiger partial charge is 0.321 e. The van der Waals surface area contributed by atoms with Crippen molar-refractivity contribution in [2.45, 2.75) is 58.3 Å². The maximum atomic E-state index is 14.2. The van der Waals surface area contributed by atoms with Crippen LogP contribution in [-0.4, -0.2) is 92.5 Å². The van der Waals surface area contributed by atoms with Crippen LogP contribution in [0.15, 0.2) is 60.7 Å². The first-order valence-corrected chi connectivity index (χ1v) is 15.6. The van der Waals surface area contributed by atoms with Crippen LogP contribution >= 0.6 is 0 Å². The zero-order chi connectivity index (χ0) is 31.8. The number of hydrogen-bond donors (Lipinski definition) is 2. The molecule has 1 aliphatic heterocycles. The number of aliphatic hydroxyl groups excluding tert-OH is 1. The summed E-state index contributed by atoms with van der Waals surface area (Å²) in [6.07, 6.45) is 2.16. The van der Waals surface area contributed by atoms with Gasteiger partial charge < -0.3 is 34.6 Å². The molecule has 0 aliphatic carbocycles. The summed E-state index contributed by atoms with van der Waals surface area (Å²) in [5.74, 6) is 0.205. The zero-order valence-electron chi connectivity index (χ0n) is 27.0. The molecule has 2 N–H and O–H groups in total. The summed E-state index contributed by atoms with van der Waals surface area (Å²) in [6, 6.07) is 18.8. The molecule has 3 aromatic rings. The first-order chi connectivity index (χ1) is 21.1. The summed E-state index contributed by atoms with van der Waals surface area (Å²) in [6.45, 7) is 6.92. The van der Waals surface area contributed by atoms with Gasteiger partial charge in [-0.05, 0) is 62.8 Å². The number of ether oxygens (including phenoxy) is 2. The number of carbonyl (C=O) groups is 2. The molecule has 1 heterocycles. The van der Waals surface area contributed by atoms with Crippen molar-refractivity contribution in [1.82, 2.24) is 9.80 Å². The molecule has 44 heavy (non-hydrogen) atoms. The lowest BCUT2D eigenvalue weighted by Crippen LogP contribution is -2.48. The first kappa shape index (κ1) is 33.1. The molecule has 4 atom stereocenters. The molecule has 9 heteroatoms. The molecule has 0 bridgehead atoms. The van der Waals surface area contributed by atoms with E-state index in [-0.39, 0.29) is 36.7 Å². The Labute approximate surface area is 261 Å². The Hall–Kier alpha value is -3.82. The van der Waals surface area contributed by atoms with E-state index in [2.05, 4.69) is 5.32 Å². The molecule has 9 nitrogen and oxygen atoms in total. The third-order valence-corrected chi connectivity index (χ3v) is 8.38. The Morgan fingerprint density at radius 3 is 2.57 bits per heavy atom. The summed E-state index contributed by atoms with van der Waals surface area (Å²) >= 11 is 0. The molecule has 0 spiro atoms. The van der Waals surface area contributed by atoms with Crippen molar-refractivity contribution < 1.29 is 24.2 Å². The van der Waals surface area contributed by atoms with Gasteiger partial charge in [0.2, 0.25) is 0 Å². The van der Waals surface area contributed by atoms with Gasteiger partial charge >= 0.3 is 6.03 Å². The maximum Gasteiger partial charge on any atom is 0.321 e. The molecule has 0 unspecified atom stereocenters. The van der Waals surface area contributed by atoms with Gasteiger partial charge in [0.25, 0.3) is 5.91 Å². The summed E-state index contributed by atoms with van der Waals surface area (Å²) in [4.78, 5) is 32.9. The second kappa shape index (κ2) is 15.3. The molecule has 3 amide bonds. The zero-order valence-corrected chi connectivity index (χ0v) is 27.0. The fraction of sp³-hybridized carbons (Fsp3) is 0.486. The van der Waals surface area contributed by atoms with Crippen molar-refractivity contribution in [3.05, 3.63) is 66.2 Å². The number of hydrogen-bond acceptors (Lipinski definition) is 6. The van der Waals surface area contributed by atoms with E-state index >= 15 is 0 Å². The van der Waals surface area contributed by atoms with Gasteiger partial charge in [0.05, 0.1) is 36.1 Å². The van der Waals surface area contributed by atoms with Crippen LogP contribution in [0.4, 0.5) is 16.2 Å². The first-order valence-electron chi connectivity index (χ1n) is 15.6. The minimum Gasteiger partial charge on any atom is -0.490 e. The summed E-state index contributed by atoms with van der Waals surface area (Å²) in [5, 5.41) is 15.3. The fourth-order valence-electron chi connectivity index (χ4n) is 5.55. The highest BCUT2D eigenvalue weighted by molar-refractivity contribution is 6.01. The van der Waals surface area contributed by atoms with Gasteiger partial charge in [0.1, 0.15) is 5.75 Å². The normalized spacial score (nSPS) is 20.7. The van der Waals surface area contributed by atoms with Crippen LogP contribution in [0.3, 0.4) is 0 Å². The number of anilines is 2. The number of fused-ring (bicyclic) bond motifs is 2. The Bertz CT molecular complexity index is 1410. The van der Waals surface area contributed by atoms with Crippen LogP contribution in [0.25, 0.3) is 10.8 Å². The Balaban J connectivity index is 1.58. The number of benzene rings is 3. The molecule has 0 aromatic heterocycles. The predicted octanol–water partition coefficient (Wildman–Crippen LogP) is 5.87. The lowest BCUT2D eigenvalue weighted by molar-refractivity contribution is -0.0115. The molecule has 4 rings (SSSR count). The van der Waals surface area contributed by atoms with E-state index in [4.69, 9.17) is 9.47 Å². The fourth-order valence-corrected chi connectivity index (χ4v) is 5.55. The highest BCUT2D eigenvalue weighted by Crippen LogP contribution is 2.29. The summed E-state index contributed by atoms with van der Waals surface area (Å²) < 4.78 is 12.7. The van der Waals surface area contributed by atoms with Gasteiger partial charge in [0.15, 0.2) is 0 Å². The highest BCUT2D eigenvalue weighted by Gasteiger charge is 2.31. The monoisotopic (exact) mass is 604 g/mol. The van der Waals surface area contributed by atoms with Crippen LogP contribution in [0.1, 0.15) is 50.4 Å². The van der Waals surface area contributed by atoms with Gasteiger partial charge in [-0.25, -0.2) is 4.79 Å². The second-order valence-corrected chi connectivity index (χ2v) is 12.2. The average Bonchev–Trinajstić information content (AvgIpc) is 3.01. The number of urea groups is 1. The topological polar surface area (TPSA) is 94.6 Å². The number of carbonyl (C=O) groups excluding carboxylic acids is 2. The van der Waals surface area contributed by atoms with Crippen molar-refractivity contribution >= 4 is 34.1 Å². The SMILES string of the molecule is C[C@@H]1CCCCO[C@H](CN(C)C(=O)Nc2cccc3ccccc23)[C@H](C)CN([C@@H](C)CO)C(=O)c2cc(N(C)C)ccc2O1. The molecule has 1 aliphatic rings. The number of likely N-dealkylation sites (N-methyl/N-ethyl adjacent to an activating group) is 1. The largest absolute Gasteiger partial charge is 0.490 e. The highest BCUT2D eigenvalue weighted by atomic mass is 16.5. The van der Waals surface area contributed by atoms with E-state index < -0.39 is 6.04 Å². The molecule has 0 fully saturated rings. The molecule has 0 saturated carbocycles. The van der Waals surface area contributed by atoms with Gasteiger partial charge in [-0.15, -0.1) is 0 Å². The number of aliphatic hydroxyl groups is 1. The number of rotatable bonds is 6. The molecule has 3 aromatic carbocycles. The lowest BCUT2D eigenvalue weighted by Gasteiger charge is -2.36. The van der Waals surface area contributed by atoms with E-state index in [1.165, 1.54) is 0 Å². The van der Waals surface area contributed by atoms with Crippen molar-refractivity contribution in [1.29, 1.82) is 0 Å². The number of nitrogens with zero attached hydrogens (tertiary/aromatic N) is 3. The quantitative estimate of drug-likeness (QED) is 0.366. The molecule has 0 radical (unpaired) electrons. The Morgan fingerprint density at radius 2 is 1.82 bits per heavy atom. The maximum absolute atomic E-state index is 14.2. The standard InChI is InChI=1S/C35H48N4O5/c1-24-21-39(25(2)23-40)34(41)30-20-28(37(4)5)17-18-32(30)44-26(3)12-9-10-19-43-33(24)22-38(6)35(42)36-31-16-11-14-27-13-7-8-15-29(27)31/h7-8,11,13-18,20,24-26,33,40H,9-10,12,19,21-23H2,1-6H3,(H,36,42)/t24-,25+,26-,33-/m1/s1. The van der Waals surface area contributed by atoms with Gasteiger partial charge in [-0.1, -0.05) is 43.3 Å². The van der Waals surface area contributed by atoms with E-state index in [9.17, 15) is 14.7 Å². The Kier molecular flexibility index (Phi) is 11.5. The van der Waals surface area contributed by atoms with E-state index in [0.29, 0.717) is 31.0 Å². The van der Waals surface area contributed by atoms with Crippen molar-refractivity contribution in [3.8, 4) is 5.75 Å². The van der Waals surface area contributed by atoms with Crippen molar-refractivity contribution in [2.24, 2.45) is 5.92 Å². The number of amides is 3. The second-order valence-electron chi connectivity index (χ2n) is 12.2. The third-order valence-electron chi connectivity index (χ3n) is 8.38. The summed E-state index contributed by atoms with van der Waals surface area (Å²) in [5.41, 5.74) is 2.11. The van der Waals surface area contributed by atoms with Crippen LogP contribution in [0, 0.1) is 5.92 Å². The molecular formula is C35H48N4O5. The average molecular weight is 605 g/mol. The van der Waals surface area contributed by atoms with Gasteiger partial charge in [-0.2, -0.15) is 0 Å². The van der Waals surface area contributed by atoms with Crippen LogP contribution in [0.5, 0.6) is 5.75 Å². The van der Waals surface area contributed by atoms with E-state index in [0.717, 1.165) is 41.4 Å². The minimum atomic E-state index is -0.431. The molecule has 238 valence electrons. The van der Waals surface area contributed by atoms with E-state index in [1.807, 2.05) is 100 Å². The lowest BCUT2D eigenvalue weighted by atomic mass is 10.0. The molecular weight excluding hydrogens is 556 g/mol. The minimum absolute atomic E-state index is 0.0861. The Morgan fingerprint density at radius 1 is 1.07 bits per heavy atom.